The van der Waals surface area contributed by atoms with Gasteiger partial charge in [-0.25, -0.2) is 0 Å². The highest BCUT2D eigenvalue weighted by atomic mass is 15.1. The van der Waals surface area contributed by atoms with E-state index in [-0.39, 0.29) is 0 Å². The van der Waals surface area contributed by atoms with Crippen molar-refractivity contribution in [1.82, 2.24) is 15.2 Å². The maximum absolute atomic E-state index is 4.16. The maximum Gasteiger partial charge on any atom is 0.0300 e. The minimum Gasteiger partial charge on any atom is -0.314 e. The lowest BCUT2D eigenvalue weighted by Crippen LogP contribution is -2.47. The van der Waals surface area contributed by atoms with E-state index in [0.717, 1.165) is 19.0 Å². The number of aryl methyl sites for hydroxylation is 1. The number of hydrogen-bond donors (Lipinski definition) is 1. The van der Waals surface area contributed by atoms with E-state index in [2.05, 4.69) is 42.0 Å². The van der Waals surface area contributed by atoms with Gasteiger partial charge in [-0.1, -0.05) is 13.8 Å². The lowest BCUT2D eigenvalue weighted by Gasteiger charge is -2.37. The van der Waals surface area contributed by atoms with Gasteiger partial charge in [-0.15, -0.1) is 0 Å². The third kappa shape index (κ3) is 3.30. The molecule has 0 amide bonds. The number of pyridine rings is 1. The van der Waals surface area contributed by atoms with Crippen LogP contribution in [0.4, 0.5) is 0 Å². The molecule has 2 rings (SSSR count). The molecule has 100 valence electrons. The van der Waals surface area contributed by atoms with Crippen molar-refractivity contribution in [2.24, 2.45) is 5.92 Å². The lowest BCUT2D eigenvalue weighted by atomic mass is 9.93. The fraction of sp³-hybridized carbons (Fsp3) is 0.667. The van der Waals surface area contributed by atoms with Gasteiger partial charge in [0.05, 0.1) is 0 Å². The predicted molar refractivity (Wildman–Crippen MR) is 75.5 cm³/mol. The predicted octanol–water partition coefficient (Wildman–Crippen LogP) is 2.21. The molecule has 3 nitrogen and oxygen atoms in total. The van der Waals surface area contributed by atoms with Crippen LogP contribution in [-0.4, -0.2) is 35.6 Å². The van der Waals surface area contributed by atoms with Crippen molar-refractivity contribution < 1.29 is 0 Å². The first kappa shape index (κ1) is 13.5. The molecule has 2 atom stereocenters. The molecular formula is C15H25N3. The molecule has 2 heterocycles. The summed E-state index contributed by atoms with van der Waals surface area (Å²) in [6.45, 7) is 11.2. The number of hydrogen-bond acceptors (Lipinski definition) is 3. The Kier molecular flexibility index (Phi) is 4.72. The Balaban J connectivity index is 1.91. The summed E-state index contributed by atoms with van der Waals surface area (Å²) in [7, 11) is 0. The third-order valence-electron chi connectivity index (χ3n) is 3.99. The zero-order valence-electron chi connectivity index (χ0n) is 11.8. The third-order valence-corrected chi connectivity index (χ3v) is 3.99. The number of piperidine rings is 1. The van der Waals surface area contributed by atoms with Gasteiger partial charge in [0, 0.05) is 31.5 Å². The Morgan fingerprint density at radius 1 is 1.50 bits per heavy atom. The summed E-state index contributed by atoms with van der Waals surface area (Å²) < 4.78 is 0. The minimum absolute atomic E-state index is 0.699. The molecule has 0 radical (unpaired) electrons. The van der Waals surface area contributed by atoms with Gasteiger partial charge in [0.25, 0.3) is 0 Å². The Hall–Kier alpha value is -0.930. The minimum atomic E-state index is 0.699. The van der Waals surface area contributed by atoms with E-state index in [9.17, 15) is 0 Å². The van der Waals surface area contributed by atoms with Crippen LogP contribution in [0.2, 0.25) is 0 Å². The van der Waals surface area contributed by atoms with E-state index in [1.165, 1.54) is 30.6 Å². The van der Waals surface area contributed by atoms with E-state index < -0.39 is 0 Å². The van der Waals surface area contributed by atoms with Gasteiger partial charge < -0.3 is 5.32 Å². The Bertz CT molecular complexity index is 378. The summed E-state index contributed by atoms with van der Waals surface area (Å²) in [5.41, 5.74) is 2.72. The number of likely N-dealkylation sites (tertiary alicyclic amines) is 1. The van der Waals surface area contributed by atoms with E-state index in [1.54, 1.807) is 0 Å². The van der Waals surface area contributed by atoms with Gasteiger partial charge in [0.1, 0.15) is 0 Å². The van der Waals surface area contributed by atoms with Crippen molar-refractivity contribution in [1.29, 1.82) is 0 Å². The van der Waals surface area contributed by atoms with Crippen molar-refractivity contribution in [3.05, 3.63) is 29.6 Å². The number of aromatic nitrogens is 1. The quantitative estimate of drug-likeness (QED) is 0.884. The van der Waals surface area contributed by atoms with Crippen LogP contribution in [0.3, 0.4) is 0 Å². The average Bonchev–Trinajstić information content (AvgIpc) is 2.36. The highest BCUT2D eigenvalue weighted by molar-refractivity contribution is 5.21. The molecular weight excluding hydrogens is 222 g/mol. The number of nitrogens with zero attached hydrogens (tertiary/aromatic N) is 2. The highest BCUT2D eigenvalue weighted by Gasteiger charge is 2.25. The van der Waals surface area contributed by atoms with Crippen molar-refractivity contribution in [3.8, 4) is 0 Å². The topological polar surface area (TPSA) is 28.2 Å². The van der Waals surface area contributed by atoms with Gasteiger partial charge >= 0.3 is 0 Å². The van der Waals surface area contributed by atoms with Gasteiger partial charge in [-0.05, 0) is 49.5 Å². The Morgan fingerprint density at radius 2 is 2.33 bits per heavy atom. The monoisotopic (exact) mass is 247 g/mol. The van der Waals surface area contributed by atoms with Crippen LogP contribution in [0.1, 0.15) is 31.4 Å². The molecule has 1 aromatic heterocycles. The van der Waals surface area contributed by atoms with Crippen LogP contribution in [-0.2, 0) is 6.54 Å². The zero-order valence-corrected chi connectivity index (χ0v) is 11.8. The van der Waals surface area contributed by atoms with E-state index in [0.29, 0.717) is 6.04 Å². The molecule has 1 saturated heterocycles. The average molecular weight is 247 g/mol. The first-order chi connectivity index (χ1) is 8.70. The van der Waals surface area contributed by atoms with Gasteiger partial charge in [-0.2, -0.15) is 0 Å². The second kappa shape index (κ2) is 6.30. The van der Waals surface area contributed by atoms with Crippen LogP contribution in [0.5, 0.6) is 0 Å². The van der Waals surface area contributed by atoms with Crippen LogP contribution < -0.4 is 5.32 Å². The van der Waals surface area contributed by atoms with Gasteiger partial charge in [0.2, 0.25) is 0 Å². The maximum atomic E-state index is 4.16. The second-order valence-electron chi connectivity index (χ2n) is 5.47. The molecule has 1 N–H and O–H groups in total. The fourth-order valence-corrected chi connectivity index (χ4v) is 2.86. The van der Waals surface area contributed by atoms with E-state index >= 15 is 0 Å². The summed E-state index contributed by atoms with van der Waals surface area (Å²) >= 11 is 0. The van der Waals surface area contributed by atoms with Crippen LogP contribution >= 0.6 is 0 Å². The summed E-state index contributed by atoms with van der Waals surface area (Å²) in [5.74, 6) is 0.737. The molecule has 2 unspecified atom stereocenters. The molecule has 1 fully saturated rings. The molecule has 3 heteroatoms. The molecule has 1 aliphatic heterocycles. The van der Waals surface area contributed by atoms with Crippen LogP contribution in [0, 0.1) is 12.8 Å². The van der Waals surface area contributed by atoms with Crippen molar-refractivity contribution in [2.75, 3.05) is 19.6 Å². The number of rotatable bonds is 4. The smallest absolute Gasteiger partial charge is 0.0300 e. The first-order valence-electron chi connectivity index (χ1n) is 7.06. The van der Waals surface area contributed by atoms with Crippen LogP contribution in [0.25, 0.3) is 0 Å². The zero-order chi connectivity index (χ0) is 13.0. The number of nitrogens with one attached hydrogen (secondary N) is 1. The Morgan fingerprint density at radius 3 is 3.00 bits per heavy atom. The molecule has 1 aliphatic rings. The summed E-state index contributed by atoms with van der Waals surface area (Å²) in [5, 5.41) is 3.59. The fourth-order valence-electron chi connectivity index (χ4n) is 2.86. The summed E-state index contributed by atoms with van der Waals surface area (Å²) in [6.07, 6.45) is 5.13. The first-order valence-corrected chi connectivity index (χ1v) is 7.06. The molecule has 1 aromatic rings. The Labute approximate surface area is 111 Å². The molecule has 0 saturated carbocycles. The normalized spacial score (nSPS) is 25.3. The van der Waals surface area contributed by atoms with Crippen molar-refractivity contribution in [3.63, 3.8) is 0 Å². The summed E-state index contributed by atoms with van der Waals surface area (Å²) in [6, 6.07) is 2.85. The van der Waals surface area contributed by atoms with Crippen molar-refractivity contribution in [2.45, 2.75) is 39.8 Å². The molecule has 0 aromatic carbocycles. The molecule has 0 spiro atoms. The van der Waals surface area contributed by atoms with Crippen molar-refractivity contribution >= 4 is 0 Å². The second-order valence-corrected chi connectivity index (χ2v) is 5.47. The summed E-state index contributed by atoms with van der Waals surface area (Å²) in [4.78, 5) is 6.73. The van der Waals surface area contributed by atoms with E-state index in [4.69, 9.17) is 0 Å². The van der Waals surface area contributed by atoms with Crippen LogP contribution in [0.15, 0.2) is 18.5 Å². The highest BCUT2D eigenvalue weighted by Crippen LogP contribution is 2.19. The largest absolute Gasteiger partial charge is 0.314 e. The molecule has 0 bridgehead atoms. The van der Waals surface area contributed by atoms with Gasteiger partial charge in [0.15, 0.2) is 0 Å². The SMILES string of the molecule is CCNC1CCN(Cc2ccncc2C)CC1C. The van der Waals surface area contributed by atoms with Gasteiger partial charge in [-0.3, -0.25) is 9.88 Å². The molecule has 18 heavy (non-hydrogen) atoms. The standard InChI is InChI=1S/C15H25N3/c1-4-17-15-6-8-18(10-13(15)3)11-14-5-7-16-9-12(14)2/h5,7,9,13,15,17H,4,6,8,10-11H2,1-3H3. The molecule has 0 aliphatic carbocycles. The lowest BCUT2D eigenvalue weighted by molar-refractivity contribution is 0.142. The van der Waals surface area contributed by atoms with E-state index in [1.807, 2.05) is 12.4 Å².